The summed E-state index contributed by atoms with van der Waals surface area (Å²) in [4.78, 5) is 11.1. The molecule has 9 heteroatoms. The summed E-state index contributed by atoms with van der Waals surface area (Å²) in [5, 5.41) is 0.400. The Labute approximate surface area is 187 Å². The minimum atomic E-state index is -3.59. The quantitative estimate of drug-likeness (QED) is 0.574. The van der Waals surface area contributed by atoms with Crippen LogP contribution in [-0.4, -0.2) is 48.9 Å². The van der Waals surface area contributed by atoms with Crippen LogP contribution in [0.5, 0.6) is 11.6 Å². The number of sulfonamides is 1. The molecule has 0 spiro atoms. The normalized spacial score (nSPS) is 15.1. The lowest BCUT2D eigenvalue weighted by Crippen LogP contribution is -2.49. The first-order valence-electron chi connectivity index (χ1n) is 9.92. The van der Waals surface area contributed by atoms with Gasteiger partial charge in [-0.2, -0.15) is 9.29 Å². The maximum Gasteiger partial charge on any atom is 0.243 e. The molecule has 0 unspecified atom stereocenters. The van der Waals surface area contributed by atoms with Gasteiger partial charge in [0.05, 0.1) is 4.90 Å². The Kier molecular flexibility index (Phi) is 6.13. The van der Waals surface area contributed by atoms with Gasteiger partial charge in [0.2, 0.25) is 15.9 Å². The van der Waals surface area contributed by atoms with Crippen molar-refractivity contribution in [3.05, 3.63) is 71.0 Å². The predicted molar refractivity (Wildman–Crippen MR) is 120 cm³/mol. The summed E-state index contributed by atoms with van der Waals surface area (Å²) in [6, 6.07) is 15.9. The van der Waals surface area contributed by atoms with E-state index in [2.05, 4.69) is 9.97 Å². The summed E-state index contributed by atoms with van der Waals surface area (Å²) in [6.45, 7) is 5.56. The smallest absolute Gasteiger partial charge is 0.243 e. The number of nitrogens with zero attached hydrogens (tertiary/aromatic N) is 4. The molecule has 0 N–H and O–H groups in total. The highest BCUT2D eigenvalue weighted by Crippen LogP contribution is 2.26. The van der Waals surface area contributed by atoms with E-state index in [1.54, 1.807) is 24.3 Å². The lowest BCUT2D eigenvalue weighted by atomic mass is 10.2. The molecule has 7 nitrogen and oxygen atoms in total. The zero-order valence-electron chi connectivity index (χ0n) is 17.3. The zero-order valence-corrected chi connectivity index (χ0v) is 18.9. The Balaban J connectivity index is 1.47. The Hall–Kier alpha value is -2.68. The molecule has 0 atom stereocenters. The van der Waals surface area contributed by atoms with Crippen molar-refractivity contribution in [1.82, 2.24) is 14.3 Å². The number of anilines is 1. The average molecular weight is 459 g/mol. The van der Waals surface area contributed by atoms with Crippen LogP contribution in [0.25, 0.3) is 0 Å². The molecule has 1 aromatic heterocycles. The number of ether oxygens (including phenoxy) is 1. The lowest BCUT2D eigenvalue weighted by Gasteiger charge is -2.34. The summed E-state index contributed by atoms with van der Waals surface area (Å²) in [5.41, 5.74) is 1.15. The van der Waals surface area contributed by atoms with Crippen molar-refractivity contribution < 1.29 is 13.2 Å². The molecule has 1 fully saturated rings. The number of aromatic nitrogens is 2. The van der Waals surface area contributed by atoms with Crippen molar-refractivity contribution in [3.63, 3.8) is 0 Å². The first kappa shape index (κ1) is 21.5. The molecule has 1 aliphatic heterocycles. The van der Waals surface area contributed by atoms with Crippen LogP contribution < -0.4 is 9.64 Å². The molecule has 0 radical (unpaired) electrons. The van der Waals surface area contributed by atoms with E-state index >= 15 is 0 Å². The minimum absolute atomic E-state index is 0.208. The second-order valence-electron chi connectivity index (χ2n) is 7.38. The fraction of sp³-hybridized carbons (Fsp3) is 0.273. The number of halogens is 1. The number of benzene rings is 2. The fourth-order valence-corrected chi connectivity index (χ4v) is 5.12. The van der Waals surface area contributed by atoms with Crippen molar-refractivity contribution in [2.75, 3.05) is 31.1 Å². The van der Waals surface area contributed by atoms with Crippen molar-refractivity contribution in [3.8, 4) is 11.6 Å². The van der Waals surface area contributed by atoms with Gasteiger partial charge in [0.15, 0.2) is 0 Å². The maximum atomic E-state index is 12.9. The van der Waals surface area contributed by atoms with Crippen LogP contribution in [0.4, 0.5) is 5.82 Å². The molecule has 31 heavy (non-hydrogen) atoms. The van der Waals surface area contributed by atoms with E-state index in [0.717, 1.165) is 11.4 Å². The SMILES string of the molecule is Cc1ccc(Oc2cc(N3CCN(S(=O)(=O)c4cccc(Cl)c4)CC3)nc(C)n2)cc1. The Morgan fingerprint density at radius 2 is 1.65 bits per heavy atom. The van der Waals surface area contributed by atoms with E-state index in [0.29, 0.717) is 48.7 Å². The van der Waals surface area contributed by atoms with E-state index in [4.69, 9.17) is 16.3 Å². The first-order chi connectivity index (χ1) is 14.8. The molecule has 162 valence electrons. The highest BCUT2D eigenvalue weighted by Gasteiger charge is 2.29. The molecule has 4 rings (SSSR count). The summed E-state index contributed by atoms with van der Waals surface area (Å²) in [6.07, 6.45) is 0. The molecule has 0 aliphatic carbocycles. The maximum absolute atomic E-state index is 12.9. The largest absolute Gasteiger partial charge is 0.439 e. The van der Waals surface area contributed by atoms with Crippen LogP contribution in [0.15, 0.2) is 59.5 Å². The van der Waals surface area contributed by atoms with E-state index in [-0.39, 0.29) is 4.90 Å². The first-order valence-corrected chi connectivity index (χ1v) is 11.7. The zero-order chi connectivity index (χ0) is 22.0. The van der Waals surface area contributed by atoms with Crippen LogP contribution in [0, 0.1) is 13.8 Å². The highest BCUT2D eigenvalue weighted by atomic mass is 35.5. The lowest BCUT2D eigenvalue weighted by molar-refractivity contribution is 0.383. The number of aryl methyl sites for hydroxylation is 2. The third-order valence-electron chi connectivity index (χ3n) is 5.04. The van der Waals surface area contributed by atoms with Crippen molar-refractivity contribution in [2.24, 2.45) is 0 Å². The standard InChI is InChI=1S/C22H23ClN4O3S/c1-16-6-8-19(9-7-16)30-22-15-21(24-17(2)25-22)26-10-12-27(13-11-26)31(28,29)20-5-3-4-18(23)14-20/h3-9,14-15H,10-13H2,1-2H3. The van der Waals surface area contributed by atoms with Crippen LogP contribution in [0.2, 0.25) is 5.02 Å². The molecular weight excluding hydrogens is 436 g/mol. The number of rotatable bonds is 5. The van der Waals surface area contributed by atoms with E-state index in [9.17, 15) is 8.42 Å². The predicted octanol–water partition coefficient (Wildman–Crippen LogP) is 4.05. The molecule has 1 saturated heterocycles. The Morgan fingerprint density at radius 1 is 0.935 bits per heavy atom. The van der Waals surface area contributed by atoms with Crippen LogP contribution in [0.1, 0.15) is 11.4 Å². The van der Waals surface area contributed by atoms with Gasteiger partial charge in [-0.1, -0.05) is 35.4 Å². The molecule has 0 bridgehead atoms. The third kappa shape index (κ3) is 4.98. The van der Waals surface area contributed by atoms with Gasteiger partial charge in [0, 0.05) is 37.3 Å². The Bertz CT molecular complexity index is 1180. The molecule has 2 aromatic carbocycles. The van der Waals surface area contributed by atoms with Gasteiger partial charge in [0.1, 0.15) is 17.4 Å². The monoisotopic (exact) mass is 458 g/mol. The number of piperazine rings is 1. The van der Waals surface area contributed by atoms with Gasteiger partial charge in [-0.15, -0.1) is 0 Å². The second-order valence-corrected chi connectivity index (χ2v) is 9.75. The molecular formula is C22H23ClN4O3S. The van der Waals surface area contributed by atoms with Gasteiger partial charge in [-0.25, -0.2) is 13.4 Å². The third-order valence-corrected chi connectivity index (χ3v) is 7.17. The number of hydrogen-bond donors (Lipinski definition) is 0. The van der Waals surface area contributed by atoms with Crippen LogP contribution >= 0.6 is 11.6 Å². The van der Waals surface area contributed by atoms with Crippen molar-refractivity contribution >= 4 is 27.4 Å². The second kappa shape index (κ2) is 8.82. The highest BCUT2D eigenvalue weighted by molar-refractivity contribution is 7.89. The van der Waals surface area contributed by atoms with Gasteiger partial charge in [-0.05, 0) is 44.2 Å². The van der Waals surface area contributed by atoms with Gasteiger partial charge >= 0.3 is 0 Å². The average Bonchev–Trinajstić information content (AvgIpc) is 2.75. The molecule has 2 heterocycles. The topological polar surface area (TPSA) is 75.6 Å². The fourth-order valence-electron chi connectivity index (χ4n) is 3.40. The molecule has 3 aromatic rings. The van der Waals surface area contributed by atoms with E-state index < -0.39 is 10.0 Å². The molecule has 0 saturated carbocycles. The minimum Gasteiger partial charge on any atom is -0.439 e. The molecule has 1 aliphatic rings. The van der Waals surface area contributed by atoms with Gasteiger partial charge < -0.3 is 9.64 Å². The van der Waals surface area contributed by atoms with Crippen LogP contribution in [0.3, 0.4) is 0 Å². The van der Waals surface area contributed by atoms with Gasteiger partial charge in [0.25, 0.3) is 0 Å². The van der Waals surface area contributed by atoms with Crippen LogP contribution in [-0.2, 0) is 10.0 Å². The Morgan fingerprint density at radius 3 is 2.32 bits per heavy atom. The summed E-state index contributed by atoms with van der Waals surface area (Å²) in [5.74, 6) is 2.47. The summed E-state index contributed by atoms with van der Waals surface area (Å²) >= 11 is 5.97. The van der Waals surface area contributed by atoms with Gasteiger partial charge in [-0.3, -0.25) is 0 Å². The summed E-state index contributed by atoms with van der Waals surface area (Å²) in [7, 11) is -3.59. The van der Waals surface area contributed by atoms with E-state index in [1.165, 1.54) is 10.4 Å². The number of hydrogen-bond acceptors (Lipinski definition) is 6. The van der Waals surface area contributed by atoms with Crippen molar-refractivity contribution in [2.45, 2.75) is 18.7 Å². The van der Waals surface area contributed by atoms with E-state index in [1.807, 2.05) is 43.0 Å². The summed E-state index contributed by atoms with van der Waals surface area (Å²) < 4.78 is 33.2. The molecule has 0 amide bonds. The van der Waals surface area contributed by atoms with Crippen molar-refractivity contribution in [1.29, 1.82) is 0 Å².